The van der Waals surface area contributed by atoms with Crippen molar-refractivity contribution < 1.29 is 14.3 Å². The summed E-state index contributed by atoms with van der Waals surface area (Å²) in [6.45, 7) is 1.21. The van der Waals surface area contributed by atoms with E-state index in [1.165, 1.54) is 6.92 Å². The van der Waals surface area contributed by atoms with Gasteiger partial charge < -0.3 is 10.5 Å². The molecule has 0 aliphatic heterocycles. The van der Waals surface area contributed by atoms with Crippen molar-refractivity contribution in [2.75, 3.05) is 0 Å². The van der Waals surface area contributed by atoms with Gasteiger partial charge in [-0.15, -0.1) is 0 Å². The maximum absolute atomic E-state index is 11.4. The minimum Gasteiger partial charge on any atom is -0.392 e. The van der Waals surface area contributed by atoms with Crippen LogP contribution in [0.15, 0.2) is 0 Å². The van der Waals surface area contributed by atoms with Gasteiger partial charge in [0.1, 0.15) is 5.54 Å². The summed E-state index contributed by atoms with van der Waals surface area (Å²) in [6, 6.07) is 0. The van der Waals surface area contributed by atoms with E-state index in [0.29, 0.717) is 12.8 Å². The number of hydrogen-bond acceptors (Lipinski definition) is 4. The summed E-state index contributed by atoms with van der Waals surface area (Å²) in [5.41, 5.74) is 4.91. The molecular formula is C9H15NO3. The van der Waals surface area contributed by atoms with Gasteiger partial charge in [-0.05, 0) is 12.8 Å². The van der Waals surface area contributed by atoms with Crippen LogP contribution in [0.3, 0.4) is 0 Å². The second kappa shape index (κ2) is 3.87. The van der Waals surface area contributed by atoms with E-state index in [9.17, 15) is 9.59 Å². The second-order valence-corrected chi connectivity index (χ2v) is 3.60. The lowest BCUT2D eigenvalue weighted by Gasteiger charge is -2.29. The first-order valence-electron chi connectivity index (χ1n) is 4.56. The highest BCUT2D eigenvalue weighted by Crippen LogP contribution is 2.26. The molecule has 13 heavy (non-hydrogen) atoms. The molecule has 0 aromatic rings. The van der Waals surface area contributed by atoms with Gasteiger partial charge >= 0.3 is 11.9 Å². The first kappa shape index (κ1) is 10.2. The normalized spacial score (nSPS) is 20.8. The van der Waals surface area contributed by atoms with Gasteiger partial charge in [-0.25, -0.2) is 4.79 Å². The zero-order valence-corrected chi connectivity index (χ0v) is 7.84. The van der Waals surface area contributed by atoms with Crippen LogP contribution in [0.5, 0.6) is 0 Å². The third-order valence-corrected chi connectivity index (χ3v) is 2.39. The Hall–Kier alpha value is -0.900. The quantitative estimate of drug-likeness (QED) is 0.483. The molecule has 0 spiro atoms. The van der Waals surface area contributed by atoms with Crippen molar-refractivity contribution in [3.05, 3.63) is 0 Å². The van der Waals surface area contributed by atoms with Crippen LogP contribution in [0.2, 0.25) is 0 Å². The van der Waals surface area contributed by atoms with Crippen molar-refractivity contribution in [3.8, 4) is 0 Å². The third-order valence-electron chi connectivity index (χ3n) is 2.39. The Labute approximate surface area is 77.4 Å². The third kappa shape index (κ3) is 2.52. The van der Waals surface area contributed by atoms with Gasteiger partial charge in [0.05, 0.1) is 0 Å². The molecule has 0 unspecified atom stereocenters. The van der Waals surface area contributed by atoms with Gasteiger partial charge in [0.25, 0.3) is 0 Å². The van der Waals surface area contributed by atoms with Crippen molar-refractivity contribution in [3.63, 3.8) is 0 Å². The summed E-state index contributed by atoms with van der Waals surface area (Å²) >= 11 is 0. The molecule has 0 saturated heterocycles. The molecule has 0 atom stereocenters. The van der Waals surface area contributed by atoms with Crippen LogP contribution >= 0.6 is 0 Å². The van der Waals surface area contributed by atoms with E-state index in [1.54, 1.807) is 0 Å². The standard InChI is InChI=1S/C9H15NO3/c1-7(11)13-8(12)9(10)5-3-2-4-6-9/h2-6,10H2,1H3. The predicted molar refractivity (Wildman–Crippen MR) is 46.8 cm³/mol. The van der Waals surface area contributed by atoms with Gasteiger partial charge in [-0.1, -0.05) is 19.3 Å². The molecule has 0 aromatic heterocycles. The highest BCUT2D eigenvalue weighted by molar-refractivity contribution is 5.90. The zero-order valence-electron chi connectivity index (χ0n) is 7.84. The monoisotopic (exact) mass is 185 g/mol. The van der Waals surface area contributed by atoms with Crippen LogP contribution in [0, 0.1) is 0 Å². The summed E-state index contributed by atoms with van der Waals surface area (Å²) < 4.78 is 4.49. The molecule has 74 valence electrons. The van der Waals surface area contributed by atoms with Crippen molar-refractivity contribution in [2.45, 2.75) is 44.6 Å². The topological polar surface area (TPSA) is 69.4 Å². The van der Waals surface area contributed by atoms with Crippen molar-refractivity contribution in [2.24, 2.45) is 5.73 Å². The highest BCUT2D eigenvalue weighted by atomic mass is 16.6. The maximum Gasteiger partial charge on any atom is 0.333 e. The van der Waals surface area contributed by atoms with Crippen molar-refractivity contribution in [1.82, 2.24) is 0 Å². The maximum atomic E-state index is 11.4. The molecule has 0 heterocycles. The lowest BCUT2D eigenvalue weighted by Crippen LogP contribution is -2.50. The number of carbonyl (C=O) groups excluding carboxylic acids is 2. The van der Waals surface area contributed by atoms with Crippen molar-refractivity contribution in [1.29, 1.82) is 0 Å². The van der Waals surface area contributed by atoms with Crippen LogP contribution in [0.4, 0.5) is 0 Å². The fourth-order valence-corrected chi connectivity index (χ4v) is 1.62. The average Bonchev–Trinajstić information content (AvgIpc) is 2.04. The van der Waals surface area contributed by atoms with E-state index >= 15 is 0 Å². The lowest BCUT2D eigenvalue weighted by atomic mass is 9.83. The molecule has 2 N–H and O–H groups in total. The van der Waals surface area contributed by atoms with Gasteiger partial charge in [0, 0.05) is 6.92 Å². The number of carbonyl (C=O) groups is 2. The largest absolute Gasteiger partial charge is 0.392 e. The van der Waals surface area contributed by atoms with Crippen LogP contribution in [-0.4, -0.2) is 17.5 Å². The Kier molecular flexibility index (Phi) is 3.03. The first-order chi connectivity index (χ1) is 6.04. The summed E-state index contributed by atoms with van der Waals surface area (Å²) in [7, 11) is 0. The molecule has 1 aliphatic carbocycles. The van der Waals surface area contributed by atoms with E-state index in [2.05, 4.69) is 4.74 Å². The number of hydrogen-bond donors (Lipinski definition) is 1. The molecule has 0 bridgehead atoms. The zero-order chi connectivity index (χ0) is 9.90. The van der Waals surface area contributed by atoms with Gasteiger partial charge in [-0.2, -0.15) is 0 Å². The van der Waals surface area contributed by atoms with Crippen LogP contribution < -0.4 is 5.73 Å². The minimum absolute atomic E-state index is 0.570. The molecule has 0 radical (unpaired) electrons. The number of ether oxygens (including phenoxy) is 1. The molecular weight excluding hydrogens is 170 g/mol. The summed E-state index contributed by atoms with van der Waals surface area (Å²) in [5.74, 6) is -1.15. The summed E-state index contributed by atoms with van der Waals surface area (Å²) in [5, 5.41) is 0. The summed E-state index contributed by atoms with van der Waals surface area (Å²) in [4.78, 5) is 21.9. The SMILES string of the molecule is CC(=O)OC(=O)C1(N)CCCCC1. The van der Waals surface area contributed by atoms with E-state index in [4.69, 9.17) is 5.73 Å². The van der Waals surface area contributed by atoms with E-state index in [-0.39, 0.29) is 0 Å². The second-order valence-electron chi connectivity index (χ2n) is 3.60. The molecule has 1 rings (SSSR count). The molecule has 0 aromatic carbocycles. The highest BCUT2D eigenvalue weighted by Gasteiger charge is 2.37. The molecule has 4 nitrogen and oxygen atoms in total. The number of nitrogens with two attached hydrogens (primary N) is 1. The number of esters is 2. The fourth-order valence-electron chi connectivity index (χ4n) is 1.62. The van der Waals surface area contributed by atoms with E-state index < -0.39 is 17.5 Å². The van der Waals surface area contributed by atoms with Crippen LogP contribution in [-0.2, 0) is 14.3 Å². The Morgan fingerprint density at radius 2 is 1.77 bits per heavy atom. The predicted octanol–water partition coefficient (Wildman–Crippen LogP) is 0.738. The van der Waals surface area contributed by atoms with Crippen LogP contribution in [0.1, 0.15) is 39.0 Å². The Morgan fingerprint density at radius 3 is 2.23 bits per heavy atom. The van der Waals surface area contributed by atoms with Crippen LogP contribution in [0.25, 0.3) is 0 Å². The van der Waals surface area contributed by atoms with E-state index in [0.717, 1.165) is 19.3 Å². The molecule has 1 aliphatic rings. The van der Waals surface area contributed by atoms with E-state index in [1.807, 2.05) is 0 Å². The molecule has 0 amide bonds. The Balaban J connectivity index is 2.56. The van der Waals surface area contributed by atoms with Crippen molar-refractivity contribution >= 4 is 11.9 Å². The average molecular weight is 185 g/mol. The lowest BCUT2D eigenvalue weighted by molar-refractivity contribution is -0.163. The fraction of sp³-hybridized carbons (Fsp3) is 0.778. The summed E-state index contributed by atoms with van der Waals surface area (Å²) in [6.07, 6.45) is 4.22. The van der Waals surface area contributed by atoms with Gasteiger partial charge in [0.15, 0.2) is 0 Å². The molecule has 1 saturated carbocycles. The van der Waals surface area contributed by atoms with Gasteiger partial charge in [0.2, 0.25) is 0 Å². The minimum atomic E-state index is -0.913. The van der Waals surface area contributed by atoms with Gasteiger partial charge in [-0.3, -0.25) is 4.79 Å². The molecule has 1 fully saturated rings. The Morgan fingerprint density at radius 1 is 1.23 bits per heavy atom. The first-order valence-corrected chi connectivity index (χ1v) is 4.56. The number of rotatable bonds is 1. The molecule has 4 heteroatoms. The Bertz CT molecular complexity index is 219. The smallest absolute Gasteiger partial charge is 0.333 e.